The van der Waals surface area contributed by atoms with Crippen LogP contribution < -0.4 is 20.3 Å². The van der Waals surface area contributed by atoms with Crippen LogP contribution in [0.1, 0.15) is 25.3 Å². The van der Waals surface area contributed by atoms with Crippen LogP contribution in [0.5, 0.6) is 5.75 Å². The summed E-state index contributed by atoms with van der Waals surface area (Å²) in [6.45, 7) is 5.16. The van der Waals surface area contributed by atoms with Crippen LogP contribution in [-0.2, 0) is 6.54 Å². The zero-order valence-electron chi connectivity index (χ0n) is 17.5. The molecule has 1 unspecified atom stereocenters. The van der Waals surface area contributed by atoms with Crippen LogP contribution in [0.15, 0.2) is 41.7 Å². The molecular formula is C21H30F2N6O. The number of benzene rings is 1. The molecule has 0 amide bonds. The summed E-state index contributed by atoms with van der Waals surface area (Å²) in [5.41, 5.74) is 2.14. The molecule has 2 heterocycles. The average Bonchev–Trinajstić information content (AvgIpc) is 3.13. The van der Waals surface area contributed by atoms with Crippen LogP contribution >= 0.6 is 0 Å². The number of guanidine groups is 1. The Morgan fingerprint density at radius 2 is 2.13 bits per heavy atom. The Balaban J connectivity index is 1.55. The van der Waals surface area contributed by atoms with E-state index < -0.39 is 6.61 Å². The summed E-state index contributed by atoms with van der Waals surface area (Å²) in [6, 6.07) is 7.07. The molecule has 9 heteroatoms. The molecule has 0 saturated carbocycles. The Morgan fingerprint density at radius 3 is 2.80 bits per heavy atom. The van der Waals surface area contributed by atoms with Crippen molar-refractivity contribution in [3.63, 3.8) is 0 Å². The number of aliphatic imine (C=N–C) groups is 1. The number of aryl methyl sites for hydroxylation is 1. The van der Waals surface area contributed by atoms with Crippen molar-refractivity contribution in [3.05, 3.63) is 42.2 Å². The summed E-state index contributed by atoms with van der Waals surface area (Å²) in [4.78, 5) is 6.93. The van der Waals surface area contributed by atoms with Gasteiger partial charge in [-0.25, -0.2) is 0 Å². The minimum Gasteiger partial charge on any atom is -0.435 e. The third-order valence-corrected chi connectivity index (χ3v) is 4.89. The van der Waals surface area contributed by atoms with Crippen molar-refractivity contribution in [2.75, 3.05) is 31.1 Å². The molecule has 0 spiro atoms. The Hall–Kier alpha value is -2.84. The van der Waals surface area contributed by atoms with Gasteiger partial charge in [0.2, 0.25) is 0 Å². The fourth-order valence-electron chi connectivity index (χ4n) is 3.53. The second kappa shape index (κ2) is 10.8. The molecule has 1 aromatic carbocycles. The van der Waals surface area contributed by atoms with Crippen LogP contribution in [0.3, 0.4) is 0 Å². The summed E-state index contributed by atoms with van der Waals surface area (Å²) < 4.78 is 31.0. The van der Waals surface area contributed by atoms with Crippen LogP contribution in [-0.4, -0.2) is 54.6 Å². The lowest BCUT2D eigenvalue weighted by atomic mass is 10.0. The van der Waals surface area contributed by atoms with Gasteiger partial charge in [-0.05, 0) is 56.5 Å². The minimum absolute atomic E-state index is 0.175. The zero-order chi connectivity index (χ0) is 21.3. The van der Waals surface area contributed by atoms with Crippen molar-refractivity contribution in [1.82, 2.24) is 20.4 Å². The highest BCUT2D eigenvalue weighted by Crippen LogP contribution is 2.23. The third-order valence-electron chi connectivity index (χ3n) is 4.89. The largest absolute Gasteiger partial charge is 0.435 e. The predicted molar refractivity (Wildman–Crippen MR) is 114 cm³/mol. The first kappa shape index (κ1) is 21.9. The summed E-state index contributed by atoms with van der Waals surface area (Å²) in [5, 5.41) is 11.1. The molecule has 1 fully saturated rings. The van der Waals surface area contributed by atoms with Crippen molar-refractivity contribution in [3.8, 4) is 5.75 Å². The van der Waals surface area contributed by atoms with E-state index in [1.807, 2.05) is 43.1 Å². The van der Waals surface area contributed by atoms with Crippen molar-refractivity contribution in [1.29, 1.82) is 0 Å². The highest BCUT2D eigenvalue weighted by atomic mass is 19.3. The van der Waals surface area contributed by atoms with E-state index in [2.05, 4.69) is 30.4 Å². The van der Waals surface area contributed by atoms with Crippen LogP contribution in [0.2, 0.25) is 0 Å². The molecule has 0 bridgehead atoms. The summed E-state index contributed by atoms with van der Waals surface area (Å²) >= 11 is 0. The number of halogens is 2. The van der Waals surface area contributed by atoms with Crippen molar-refractivity contribution < 1.29 is 13.5 Å². The van der Waals surface area contributed by atoms with E-state index >= 15 is 0 Å². The van der Waals surface area contributed by atoms with E-state index in [1.54, 1.807) is 12.1 Å². The zero-order valence-corrected chi connectivity index (χ0v) is 17.5. The summed E-state index contributed by atoms with van der Waals surface area (Å²) in [5.74, 6) is 0.975. The van der Waals surface area contributed by atoms with Gasteiger partial charge >= 0.3 is 6.61 Å². The second-order valence-electron chi connectivity index (χ2n) is 7.34. The number of hydrogen-bond donors (Lipinski definition) is 2. The first-order chi connectivity index (χ1) is 14.5. The first-order valence-electron chi connectivity index (χ1n) is 10.4. The molecule has 2 aromatic rings. The molecule has 164 valence electrons. The number of piperidine rings is 1. The molecule has 2 N–H and O–H groups in total. The highest BCUT2D eigenvalue weighted by Gasteiger charge is 2.21. The van der Waals surface area contributed by atoms with Crippen LogP contribution in [0, 0.1) is 6.92 Å². The number of hydrogen-bond acceptors (Lipinski definition) is 4. The Labute approximate surface area is 176 Å². The number of alkyl halides is 2. The smallest absolute Gasteiger partial charge is 0.387 e. The second-order valence-corrected chi connectivity index (χ2v) is 7.34. The number of ether oxygens (including phenoxy) is 1. The average molecular weight is 421 g/mol. The van der Waals surface area contributed by atoms with Gasteiger partial charge in [0.15, 0.2) is 5.96 Å². The van der Waals surface area contributed by atoms with Crippen molar-refractivity contribution >= 4 is 11.6 Å². The molecule has 3 rings (SSSR count). The molecule has 1 aromatic heterocycles. The topological polar surface area (TPSA) is 66.7 Å². The lowest BCUT2D eigenvalue weighted by Crippen LogP contribution is -2.51. The van der Waals surface area contributed by atoms with E-state index in [-0.39, 0.29) is 11.8 Å². The van der Waals surface area contributed by atoms with E-state index in [0.29, 0.717) is 6.54 Å². The van der Waals surface area contributed by atoms with E-state index in [9.17, 15) is 8.78 Å². The quantitative estimate of drug-likeness (QED) is 0.508. The van der Waals surface area contributed by atoms with E-state index in [0.717, 1.165) is 56.2 Å². The van der Waals surface area contributed by atoms with Gasteiger partial charge in [0.25, 0.3) is 0 Å². The molecule has 1 aliphatic heterocycles. The van der Waals surface area contributed by atoms with Crippen LogP contribution in [0.25, 0.3) is 0 Å². The molecule has 1 atom stereocenters. The van der Waals surface area contributed by atoms with Gasteiger partial charge in [0.1, 0.15) is 5.75 Å². The number of nitrogens with one attached hydrogen (secondary N) is 2. The summed E-state index contributed by atoms with van der Waals surface area (Å²) in [7, 11) is 0. The van der Waals surface area contributed by atoms with Gasteiger partial charge in [-0.2, -0.15) is 13.9 Å². The fourth-order valence-corrected chi connectivity index (χ4v) is 3.53. The first-order valence-corrected chi connectivity index (χ1v) is 10.4. The van der Waals surface area contributed by atoms with Gasteiger partial charge in [-0.3, -0.25) is 9.67 Å². The molecule has 0 aliphatic carbocycles. The number of aromatic nitrogens is 2. The number of anilines is 1. The lowest BCUT2D eigenvalue weighted by Gasteiger charge is -2.35. The third kappa shape index (κ3) is 6.60. The van der Waals surface area contributed by atoms with Crippen LogP contribution in [0.4, 0.5) is 14.5 Å². The van der Waals surface area contributed by atoms with Crippen molar-refractivity contribution in [2.24, 2.45) is 4.99 Å². The van der Waals surface area contributed by atoms with Gasteiger partial charge in [0, 0.05) is 37.6 Å². The molecule has 1 aliphatic rings. The van der Waals surface area contributed by atoms with Gasteiger partial charge in [-0.1, -0.05) is 0 Å². The maximum absolute atomic E-state index is 12.3. The monoisotopic (exact) mass is 420 g/mol. The Morgan fingerprint density at radius 1 is 1.33 bits per heavy atom. The maximum Gasteiger partial charge on any atom is 0.387 e. The normalized spacial score (nSPS) is 17.3. The Kier molecular flexibility index (Phi) is 7.87. The van der Waals surface area contributed by atoms with Gasteiger partial charge in [-0.15, -0.1) is 0 Å². The predicted octanol–water partition coefficient (Wildman–Crippen LogP) is 3.02. The number of nitrogens with zero attached hydrogens (tertiary/aromatic N) is 4. The lowest BCUT2D eigenvalue weighted by molar-refractivity contribution is -0.0498. The maximum atomic E-state index is 12.3. The minimum atomic E-state index is -2.81. The Bertz CT molecular complexity index is 808. The summed E-state index contributed by atoms with van der Waals surface area (Å²) in [6.07, 6.45) is 5.94. The molecule has 30 heavy (non-hydrogen) atoms. The fraction of sp³-hybridized carbons (Fsp3) is 0.524. The standard InChI is InChI=1S/C21H30F2N6O/c1-3-24-21(25-10-12-29-14-16(2)13-26-29)27-17-5-4-11-28(15-17)18-6-8-19(9-7-18)30-20(22)23/h6-9,13-14,17,20H,3-5,10-12,15H2,1-2H3,(H2,24,25,27). The van der Waals surface area contributed by atoms with E-state index in [4.69, 9.17) is 0 Å². The van der Waals surface area contributed by atoms with Gasteiger partial charge < -0.3 is 20.3 Å². The SMILES string of the molecule is CCNC(=NCCn1cc(C)cn1)NC1CCCN(c2ccc(OC(F)F)cc2)C1. The van der Waals surface area contributed by atoms with Crippen molar-refractivity contribution in [2.45, 2.75) is 45.9 Å². The highest BCUT2D eigenvalue weighted by molar-refractivity contribution is 5.80. The molecule has 0 radical (unpaired) electrons. The molecular weight excluding hydrogens is 390 g/mol. The van der Waals surface area contributed by atoms with Gasteiger partial charge in [0.05, 0.1) is 19.3 Å². The molecule has 7 nitrogen and oxygen atoms in total. The van der Waals surface area contributed by atoms with E-state index in [1.165, 1.54) is 0 Å². The molecule has 1 saturated heterocycles. The number of rotatable bonds is 8.